The van der Waals surface area contributed by atoms with Crippen LogP contribution in [0, 0.1) is 11.3 Å². The Kier molecular flexibility index (Phi) is 6.10. The van der Waals surface area contributed by atoms with Crippen LogP contribution in [0.3, 0.4) is 0 Å². The van der Waals surface area contributed by atoms with Crippen LogP contribution >= 0.6 is 24.0 Å². The fourth-order valence-corrected chi connectivity index (χ4v) is 2.29. The van der Waals surface area contributed by atoms with Crippen LogP contribution < -0.4 is 10.6 Å². The van der Waals surface area contributed by atoms with Gasteiger partial charge in [-0.3, -0.25) is 4.99 Å². The van der Waals surface area contributed by atoms with Gasteiger partial charge in [0, 0.05) is 13.6 Å². The minimum atomic E-state index is -1.06. The van der Waals surface area contributed by atoms with E-state index in [1.54, 1.807) is 32.4 Å². The first-order valence-corrected chi connectivity index (χ1v) is 7.06. The third-order valence-corrected chi connectivity index (χ3v) is 4.11. The molecule has 21 heavy (non-hydrogen) atoms. The van der Waals surface area contributed by atoms with E-state index < -0.39 is 5.60 Å². The molecule has 1 aromatic heterocycles. The second-order valence-electron chi connectivity index (χ2n) is 6.45. The molecule has 2 unspecified atom stereocenters. The van der Waals surface area contributed by atoms with Gasteiger partial charge in [0.15, 0.2) is 5.96 Å². The van der Waals surface area contributed by atoms with Crippen LogP contribution in [-0.2, 0) is 5.60 Å². The zero-order valence-corrected chi connectivity index (χ0v) is 15.5. The number of halogens is 1. The third-order valence-electron chi connectivity index (χ3n) is 4.11. The van der Waals surface area contributed by atoms with Crippen molar-refractivity contribution in [3.8, 4) is 0 Å². The molecule has 1 aliphatic carbocycles. The lowest BCUT2D eigenvalue weighted by Gasteiger charge is -2.22. The molecule has 1 heterocycles. The molecule has 0 radical (unpaired) electrons. The predicted molar refractivity (Wildman–Crippen MR) is 94.9 cm³/mol. The Morgan fingerprint density at radius 3 is 2.67 bits per heavy atom. The van der Waals surface area contributed by atoms with Crippen molar-refractivity contribution in [1.29, 1.82) is 0 Å². The van der Waals surface area contributed by atoms with Gasteiger partial charge >= 0.3 is 0 Å². The molecule has 0 aromatic carbocycles. The lowest BCUT2D eigenvalue weighted by atomic mass is 10.0. The van der Waals surface area contributed by atoms with Gasteiger partial charge in [-0.25, -0.2) is 0 Å². The number of rotatable bonds is 5. The molecule has 0 spiro atoms. The van der Waals surface area contributed by atoms with Gasteiger partial charge in [0.25, 0.3) is 0 Å². The highest BCUT2D eigenvalue weighted by Gasteiger charge is 2.45. The van der Waals surface area contributed by atoms with Crippen LogP contribution in [0.2, 0.25) is 0 Å². The SMILES string of the molecule is CN=C(NCC1CC1(C)C)NCC(C)(O)c1ccco1.I. The smallest absolute Gasteiger partial charge is 0.191 e. The van der Waals surface area contributed by atoms with Crippen molar-refractivity contribution >= 4 is 29.9 Å². The molecule has 1 aromatic rings. The van der Waals surface area contributed by atoms with Gasteiger partial charge in [0.2, 0.25) is 0 Å². The first kappa shape index (κ1) is 18.3. The summed E-state index contributed by atoms with van der Waals surface area (Å²) in [6.45, 7) is 7.52. The number of hydrogen-bond acceptors (Lipinski definition) is 3. The van der Waals surface area contributed by atoms with Crippen molar-refractivity contribution in [2.24, 2.45) is 16.3 Å². The average Bonchev–Trinajstić information content (AvgIpc) is 2.84. The van der Waals surface area contributed by atoms with E-state index in [1.165, 1.54) is 6.42 Å². The van der Waals surface area contributed by atoms with Crippen LogP contribution in [0.25, 0.3) is 0 Å². The van der Waals surface area contributed by atoms with Crippen molar-refractivity contribution in [1.82, 2.24) is 10.6 Å². The summed E-state index contributed by atoms with van der Waals surface area (Å²) < 4.78 is 5.25. The zero-order valence-electron chi connectivity index (χ0n) is 13.1. The van der Waals surface area contributed by atoms with Gasteiger partial charge in [-0.05, 0) is 36.8 Å². The standard InChI is InChI=1S/C15H25N3O2.HI/c1-14(2)8-11(14)9-17-13(16-4)18-10-15(3,19)12-6-5-7-20-12;/h5-7,11,19H,8-10H2,1-4H3,(H2,16,17,18);1H. The van der Waals surface area contributed by atoms with Crippen LogP contribution in [-0.4, -0.2) is 31.2 Å². The summed E-state index contributed by atoms with van der Waals surface area (Å²) in [5.74, 6) is 1.95. The number of nitrogens with zero attached hydrogens (tertiary/aromatic N) is 1. The summed E-state index contributed by atoms with van der Waals surface area (Å²) in [6.07, 6.45) is 2.81. The third kappa shape index (κ3) is 4.88. The van der Waals surface area contributed by atoms with Crippen molar-refractivity contribution in [3.63, 3.8) is 0 Å². The monoisotopic (exact) mass is 407 g/mol. The largest absolute Gasteiger partial charge is 0.466 e. The topological polar surface area (TPSA) is 69.8 Å². The quantitative estimate of drug-likeness (QED) is 0.398. The highest BCUT2D eigenvalue weighted by Crippen LogP contribution is 2.50. The molecule has 0 amide bonds. The fourth-order valence-electron chi connectivity index (χ4n) is 2.29. The molecule has 0 bridgehead atoms. The summed E-state index contributed by atoms with van der Waals surface area (Å²) in [6, 6.07) is 3.54. The number of hydrogen-bond donors (Lipinski definition) is 3. The van der Waals surface area contributed by atoms with E-state index in [4.69, 9.17) is 4.42 Å². The first-order chi connectivity index (χ1) is 9.35. The summed E-state index contributed by atoms with van der Waals surface area (Å²) in [5.41, 5.74) is -0.606. The van der Waals surface area contributed by atoms with E-state index >= 15 is 0 Å². The van der Waals surface area contributed by atoms with Gasteiger partial charge in [0.1, 0.15) is 11.4 Å². The van der Waals surface area contributed by atoms with E-state index in [0.29, 0.717) is 29.6 Å². The van der Waals surface area contributed by atoms with E-state index in [0.717, 1.165) is 6.54 Å². The van der Waals surface area contributed by atoms with E-state index in [2.05, 4.69) is 29.5 Å². The average molecular weight is 407 g/mol. The molecule has 1 fully saturated rings. The molecule has 1 saturated carbocycles. The zero-order chi connectivity index (χ0) is 14.8. The minimum absolute atomic E-state index is 0. The molecule has 0 saturated heterocycles. The maximum absolute atomic E-state index is 10.4. The van der Waals surface area contributed by atoms with E-state index in [1.807, 2.05) is 0 Å². The molecule has 3 N–H and O–H groups in total. The summed E-state index contributed by atoms with van der Waals surface area (Å²) >= 11 is 0. The first-order valence-electron chi connectivity index (χ1n) is 7.06. The van der Waals surface area contributed by atoms with Crippen LogP contribution in [0.4, 0.5) is 0 Å². The van der Waals surface area contributed by atoms with E-state index in [-0.39, 0.29) is 24.0 Å². The molecular weight excluding hydrogens is 381 g/mol. The van der Waals surface area contributed by atoms with Gasteiger partial charge < -0.3 is 20.2 Å². The summed E-state index contributed by atoms with van der Waals surface area (Å²) in [7, 11) is 1.73. The fraction of sp³-hybridized carbons (Fsp3) is 0.667. The summed E-state index contributed by atoms with van der Waals surface area (Å²) in [5, 5.41) is 16.8. The molecule has 5 nitrogen and oxygen atoms in total. The molecule has 120 valence electrons. The Morgan fingerprint density at radius 2 is 2.19 bits per heavy atom. The lowest BCUT2D eigenvalue weighted by molar-refractivity contribution is 0.0386. The van der Waals surface area contributed by atoms with Crippen molar-refractivity contribution in [3.05, 3.63) is 24.2 Å². The number of aliphatic hydroxyl groups is 1. The van der Waals surface area contributed by atoms with E-state index in [9.17, 15) is 5.11 Å². The van der Waals surface area contributed by atoms with Crippen LogP contribution in [0.5, 0.6) is 0 Å². The summed E-state index contributed by atoms with van der Waals surface area (Å²) in [4.78, 5) is 4.17. The van der Waals surface area contributed by atoms with Gasteiger partial charge in [-0.2, -0.15) is 0 Å². The van der Waals surface area contributed by atoms with Crippen LogP contribution in [0.1, 0.15) is 33.0 Å². The predicted octanol–water partition coefficient (Wildman–Crippen LogP) is 2.32. The minimum Gasteiger partial charge on any atom is -0.466 e. The number of furan rings is 1. The molecule has 1 aliphatic rings. The molecule has 6 heteroatoms. The van der Waals surface area contributed by atoms with Crippen molar-refractivity contribution in [2.45, 2.75) is 32.8 Å². The van der Waals surface area contributed by atoms with Crippen molar-refractivity contribution < 1.29 is 9.52 Å². The number of nitrogens with one attached hydrogen (secondary N) is 2. The highest BCUT2D eigenvalue weighted by atomic mass is 127. The Bertz CT molecular complexity index is 469. The Labute approximate surface area is 143 Å². The number of aliphatic imine (C=N–C) groups is 1. The molecular formula is C15H26IN3O2. The number of guanidine groups is 1. The Morgan fingerprint density at radius 1 is 1.52 bits per heavy atom. The molecule has 2 atom stereocenters. The maximum atomic E-state index is 10.4. The van der Waals surface area contributed by atoms with Crippen LogP contribution in [0.15, 0.2) is 27.8 Å². The normalized spacial score (nSPS) is 22.9. The maximum Gasteiger partial charge on any atom is 0.191 e. The van der Waals surface area contributed by atoms with Crippen molar-refractivity contribution in [2.75, 3.05) is 20.1 Å². The second kappa shape index (κ2) is 7.00. The highest BCUT2D eigenvalue weighted by molar-refractivity contribution is 14.0. The van der Waals surface area contributed by atoms with Gasteiger partial charge in [-0.15, -0.1) is 24.0 Å². The van der Waals surface area contributed by atoms with Gasteiger partial charge in [0.05, 0.1) is 12.8 Å². The molecule has 2 rings (SSSR count). The van der Waals surface area contributed by atoms with Gasteiger partial charge in [-0.1, -0.05) is 13.8 Å². The molecule has 0 aliphatic heterocycles. The second-order valence-corrected chi connectivity index (χ2v) is 6.45. The Hall–Kier alpha value is -0.760. The Balaban J connectivity index is 0.00000220. The lowest BCUT2D eigenvalue weighted by Crippen LogP contribution is -2.45.